The van der Waals surface area contributed by atoms with Gasteiger partial charge in [0.05, 0.1) is 6.42 Å². The molecule has 3 heteroatoms. The second-order valence-corrected chi connectivity index (χ2v) is 4.43. The van der Waals surface area contributed by atoms with Gasteiger partial charge in [-0.3, -0.25) is 4.79 Å². The summed E-state index contributed by atoms with van der Waals surface area (Å²) in [7, 11) is 0. The highest BCUT2D eigenvalue weighted by Gasteiger charge is 2.09. The van der Waals surface area contributed by atoms with Gasteiger partial charge in [-0.15, -0.1) is 11.3 Å². The molecule has 0 radical (unpaired) electrons. The fraction of sp³-hybridized carbons (Fsp3) is 0.182. The monoisotopic (exact) mass is 205 g/mol. The molecule has 0 aliphatic heterocycles. The molecule has 0 unspecified atom stereocenters. The van der Waals surface area contributed by atoms with Gasteiger partial charge in [0.1, 0.15) is 0 Å². The zero-order chi connectivity index (χ0) is 10.1. The van der Waals surface area contributed by atoms with Gasteiger partial charge in [-0.25, -0.2) is 0 Å². The molecular weight excluding hydrogens is 194 g/mol. The van der Waals surface area contributed by atoms with Gasteiger partial charge in [-0.2, -0.15) is 0 Å². The quantitative estimate of drug-likeness (QED) is 0.802. The summed E-state index contributed by atoms with van der Waals surface area (Å²) in [6.07, 6.45) is 0.352. The molecule has 2 rings (SSSR count). The third-order valence-electron chi connectivity index (χ3n) is 2.28. The fourth-order valence-corrected chi connectivity index (χ4v) is 2.77. The van der Waals surface area contributed by atoms with Gasteiger partial charge in [0, 0.05) is 9.58 Å². The molecule has 1 amide bonds. The van der Waals surface area contributed by atoms with Crippen molar-refractivity contribution >= 4 is 27.3 Å². The largest absolute Gasteiger partial charge is 0.369 e. The summed E-state index contributed by atoms with van der Waals surface area (Å²) in [4.78, 5) is 11.9. The van der Waals surface area contributed by atoms with Crippen molar-refractivity contribution in [2.24, 2.45) is 5.73 Å². The highest BCUT2D eigenvalue weighted by Crippen LogP contribution is 2.30. The summed E-state index contributed by atoms with van der Waals surface area (Å²) in [5, 5.41) is 1.23. The van der Waals surface area contributed by atoms with E-state index in [-0.39, 0.29) is 5.91 Å². The molecule has 0 spiro atoms. The minimum atomic E-state index is -0.264. The summed E-state index contributed by atoms with van der Waals surface area (Å²) < 4.78 is 1.22. The van der Waals surface area contributed by atoms with Crippen molar-refractivity contribution in [1.29, 1.82) is 0 Å². The first-order valence-corrected chi connectivity index (χ1v) is 5.25. The number of amides is 1. The Kier molecular flexibility index (Phi) is 2.25. The van der Waals surface area contributed by atoms with Crippen molar-refractivity contribution in [2.45, 2.75) is 13.3 Å². The van der Waals surface area contributed by atoms with Crippen molar-refractivity contribution in [3.8, 4) is 0 Å². The SMILES string of the molecule is Cc1c(CC(N)=O)sc2ccccc12. The number of rotatable bonds is 2. The Morgan fingerprint density at radius 3 is 2.79 bits per heavy atom. The van der Waals surface area contributed by atoms with E-state index in [0.717, 1.165) is 4.88 Å². The Morgan fingerprint density at radius 2 is 2.14 bits per heavy atom. The van der Waals surface area contributed by atoms with E-state index in [1.807, 2.05) is 19.1 Å². The smallest absolute Gasteiger partial charge is 0.222 e. The van der Waals surface area contributed by atoms with E-state index in [1.54, 1.807) is 11.3 Å². The van der Waals surface area contributed by atoms with Crippen molar-refractivity contribution < 1.29 is 4.79 Å². The Hall–Kier alpha value is -1.35. The van der Waals surface area contributed by atoms with Crippen molar-refractivity contribution in [3.63, 3.8) is 0 Å². The minimum absolute atomic E-state index is 0.264. The number of carbonyl (C=O) groups is 1. The maximum absolute atomic E-state index is 10.8. The van der Waals surface area contributed by atoms with Gasteiger partial charge in [0.25, 0.3) is 0 Å². The summed E-state index contributed by atoms with van der Waals surface area (Å²) in [6, 6.07) is 8.16. The maximum Gasteiger partial charge on any atom is 0.222 e. The lowest BCUT2D eigenvalue weighted by Gasteiger charge is -1.93. The lowest BCUT2D eigenvalue weighted by molar-refractivity contribution is -0.117. The Labute approximate surface area is 86.3 Å². The van der Waals surface area contributed by atoms with Crippen LogP contribution < -0.4 is 5.73 Å². The third kappa shape index (κ3) is 1.51. The van der Waals surface area contributed by atoms with Crippen molar-refractivity contribution in [3.05, 3.63) is 34.7 Å². The van der Waals surface area contributed by atoms with Crippen molar-refractivity contribution in [1.82, 2.24) is 0 Å². The molecule has 0 saturated carbocycles. The second kappa shape index (κ2) is 3.42. The molecule has 0 bridgehead atoms. The van der Waals surface area contributed by atoms with E-state index in [9.17, 15) is 4.79 Å². The van der Waals surface area contributed by atoms with Crippen LogP contribution in [0, 0.1) is 6.92 Å². The van der Waals surface area contributed by atoms with Gasteiger partial charge in [0.2, 0.25) is 5.91 Å². The van der Waals surface area contributed by atoms with Crippen LogP contribution in [0.1, 0.15) is 10.4 Å². The van der Waals surface area contributed by atoms with Crippen LogP contribution in [0.25, 0.3) is 10.1 Å². The molecule has 1 aromatic carbocycles. The van der Waals surface area contributed by atoms with E-state index >= 15 is 0 Å². The third-order valence-corrected chi connectivity index (χ3v) is 3.55. The van der Waals surface area contributed by atoms with Crippen LogP contribution in [-0.4, -0.2) is 5.91 Å². The van der Waals surface area contributed by atoms with Gasteiger partial charge in [-0.1, -0.05) is 18.2 Å². The number of hydrogen-bond donors (Lipinski definition) is 1. The highest BCUT2D eigenvalue weighted by molar-refractivity contribution is 7.19. The molecule has 2 nitrogen and oxygen atoms in total. The number of aryl methyl sites for hydroxylation is 1. The molecule has 14 heavy (non-hydrogen) atoms. The number of primary amides is 1. The van der Waals surface area contributed by atoms with E-state index in [1.165, 1.54) is 15.6 Å². The zero-order valence-corrected chi connectivity index (χ0v) is 8.73. The molecule has 1 aromatic heterocycles. The molecule has 0 aliphatic rings. The molecule has 0 atom stereocenters. The average Bonchev–Trinajstić information content (AvgIpc) is 2.44. The van der Waals surface area contributed by atoms with Gasteiger partial charge >= 0.3 is 0 Å². The lowest BCUT2D eigenvalue weighted by atomic mass is 10.1. The Bertz CT molecular complexity index is 487. The molecular formula is C11H11NOS. The van der Waals surface area contributed by atoms with Gasteiger partial charge < -0.3 is 5.73 Å². The molecule has 72 valence electrons. The summed E-state index contributed by atoms with van der Waals surface area (Å²) in [6.45, 7) is 2.04. The second-order valence-electron chi connectivity index (χ2n) is 3.29. The van der Waals surface area contributed by atoms with Crippen LogP contribution in [0.4, 0.5) is 0 Å². The molecule has 0 fully saturated rings. The standard InChI is InChI=1S/C11H11NOS/c1-7-8-4-2-3-5-9(8)14-10(7)6-11(12)13/h2-5H,6H2,1H3,(H2,12,13). The summed E-state index contributed by atoms with van der Waals surface area (Å²) in [5.74, 6) is -0.264. The van der Waals surface area contributed by atoms with Crippen LogP contribution in [0.3, 0.4) is 0 Å². The molecule has 0 saturated heterocycles. The first kappa shape index (κ1) is 9.21. The van der Waals surface area contributed by atoms with E-state index in [0.29, 0.717) is 6.42 Å². The summed E-state index contributed by atoms with van der Waals surface area (Å²) in [5.41, 5.74) is 6.37. The predicted octanol–water partition coefficient (Wildman–Crippen LogP) is 2.24. The topological polar surface area (TPSA) is 43.1 Å². The predicted molar refractivity (Wildman–Crippen MR) is 59.5 cm³/mol. The van der Waals surface area contributed by atoms with E-state index in [4.69, 9.17) is 5.73 Å². The number of fused-ring (bicyclic) bond motifs is 1. The van der Waals surface area contributed by atoms with Gasteiger partial charge in [-0.05, 0) is 23.9 Å². The fourth-order valence-electron chi connectivity index (χ4n) is 1.55. The molecule has 1 heterocycles. The Morgan fingerprint density at radius 1 is 1.43 bits per heavy atom. The first-order chi connectivity index (χ1) is 6.68. The van der Waals surface area contributed by atoms with Crippen molar-refractivity contribution in [2.75, 3.05) is 0 Å². The summed E-state index contributed by atoms with van der Waals surface area (Å²) >= 11 is 1.65. The molecule has 0 aliphatic carbocycles. The van der Waals surface area contributed by atoms with Crippen LogP contribution in [0.2, 0.25) is 0 Å². The molecule has 2 N–H and O–H groups in total. The van der Waals surface area contributed by atoms with Crippen LogP contribution in [0.15, 0.2) is 24.3 Å². The molecule has 2 aromatic rings. The number of hydrogen-bond acceptors (Lipinski definition) is 2. The lowest BCUT2D eigenvalue weighted by Crippen LogP contribution is -2.13. The average molecular weight is 205 g/mol. The zero-order valence-electron chi connectivity index (χ0n) is 7.91. The number of carbonyl (C=O) groups excluding carboxylic acids is 1. The Balaban J connectivity index is 2.57. The van der Waals surface area contributed by atoms with E-state index in [2.05, 4.69) is 12.1 Å². The van der Waals surface area contributed by atoms with Crippen LogP contribution in [0.5, 0.6) is 0 Å². The van der Waals surface area contributed by atoms with Crippen LogP contribution in [-0.2, 0) is 11.2 Å². The first-order valence-electron chi connectivity index (χ1n) is 4.44. The minimum Gasteiger partial charge on any atom is -0.369 e. The van der Waals surface area contributed by atoms with Crippen LogP contribution >= 0.6 is 11.3 Å². The number of thiophene rings is 1. The number of benzene rings is 1. The van der Waals surface area contributed by atoms with Gasteiger partial charge in [0.15, 0.2) is 0 Å². The number of nitrogens with two attached hydrogens (primary N) is 1. The normalized spacial score (nSPS) is 10.6. The maximum atomic E-state index is 10.8. The van der Waals surface area contributed by atoms with E-state index < -0.39 is 0 Å². The highest BCUT2D eigenvalue weighted by atomic mass is 32.1.